The molecule has 0 aromatic heterocycles. The second kappa shape index (κ2) is 3.73. The summed E-state index contributed by atoms with van der Waals surface area (Å²) in [6.45, 7) is 11.5. The summed E-state index contributed by atoms with van der Waals surface area (Å²) in [6.07, 6.45) is 0.998. The molecule has 0 saturated carbocycles. The fourth-order valence-electron chi connectivity index (χ4n) is 0.837. The van der Waals surface area contributed by atoms with Crippen LogP contribution in [0.2, 0.25) is 0 Å². The Labute approximate surface area is 62.2 Å². The van der Waals surface area contributed by atoms with Crippen molar-refractivity contribution in [2.24, 2.45) is 5.92 Å². The summed E-state index contributed by atoms with van der Waals surface area (Å²) in [4.78, 5) is 0. The van der Waals surface area contributed by atoms with Crippen LogP contribution >= 0.6 is 11.6 Å². The maximum atomic E-state index is 5.68. The fourth-order valence-corrected chi connectivity index (χ4v) is 1.18. The van der Waals surface area contributed by atoms with Crippen LogP contribution in [0.3, 0.4) is 0 Å². The molecule has 0 aliphatic heterocycles. The van der Waals surface area contributed by atoms with E-state index in [4.69, 9.17) is 11.6 Å². The van der Waals surface area contributed by atoms with Gasteiger partial charge in [-0.05, 0) is 13.3 Å². The van der Waals surface area contributed by atoms with Gasteiger partial charge in [-0.15, -0.1) is 0 Å². The second-order valence-corrected chi connectivity index (χ2v) is 2.74. The van der Waals surface area contributed by atoms with Crippen LogP contribution in [0.4, 0.5) is 0 Å². The number of hydrogen-bond acceptors (Lipinski definition) is 0. The van der Waals surface area contributed by atoms with Gasteiger partial charge in [-0.3, -0.25) is 0 Å². The van der Waals surface area contributed by atoms with Crippen molar-refractivity contribution in [3.8, 4) is 0 Å². The summed E-state index contributed by atoms with van der Waals surface area (Å²) < 4.78 is 0. The number of halogens is 1. The highest BCUT2D eigenvalue weighted by Crippen LogP contribution is 2.23. The van der Waals surface area contributed by atoms with E-state index in [1.54, 1.807) is 0 Å². The molecule has 0 aliphatic rings. The van der Waals surface area contributed by atoms with E-state index in [0.29, 0.717) is 11.0 Å². The monoisotopic (exact) mass is 144 g/mol. The lowest BCUT2D eigenvalue weighted by molar-refractivity contribution is 0.719. The summed E-state index contributed by atoms with van der Waals surface area (Å²) in [5, 5.41) is 0.699. The van der Waals surface area contributed by atoms with Crippen molar-refractivity contribution in [1.29, 1.82) is 0 Å². The molecule has 52 valence electrons. The molecule has 0 N–H and O–H groups in total. The van der Waals surface area contributed by atoms with Gasteiger partial charge in [-0.1, -0.05) is 37.3 Å². The molecule has 0 fully saturated rings. The van der Waals surface area contributed by atoms with E-state index >= 15 is 0 Å². The topological polar surface area (TPSA) is 0 Å². The van der Waals surface area contributed by atoms with E-state index in [-0.39, 0.29) is 0 Å². The first kappa shape index (κ1) is 8.77. The van der Waals surface area contributed by atoms with Crippen molar-refractivity contribution in [2.45, 2.75) is 20.3 Å². The van der Waals surface area contributed by atoms with Crippen LogP contribution in [-0.4, -0.2) is 0 Å². The van der Waals surface area contributed by atoms with Crippen molar-refractivity contribution < 1.29 is 0 Å². The minimum absolute atomic E-state index is 0.298. The Kier molecular flexibility index (Phi) is 3.64. The smallest absolute Gasteiger partial charge is 0.0180 e. The van der Waals surface area contributed by atoms with Gasteiger partial charge in [-0.2, -0.15) is 0 Å². The molecule has 0 spiro atoms. The molecule has 1 heteroatoms. The van der Waals surface area contributed by atoms with E-state index in [2.05, 4.69) is 20.1 Å². The van der Waals surface area contributed by atoms with Gasteiger partial charge in [0.05, 0.1) is 0 Å². The van der Waals surface area contributed by atoms with E-state index in [9.17, 15) is 0 Å². The molecule has 9 heavy (non-hydrogen) atoms. The third kappa shape index (κ3) is 2.71. The van der Waals surface area contributed by atoms with Gasteiger partial charge in [0.2, 0.25) is 0 Å². The first-order valence-corrected chi connectivity index (χ1v) is 3.47. The van der Waals surface area contributed by atoms with Crippen LogP contribution in [0.5, 0.6) is 0 Å². The third-order valence-corrected chi connectivity index (χ3v) is 1.64. The lowest BCUT2D eigenvalue weighted by atomic mass is 9.99. The molecule has 0 radical (unpaired) electrons. The lowest BCUT2D eigenvalue weighted by Gasteiger charge is -2.11. The van der Waals surface area contributed by atoms with Crippen LogP contribution in [0.25, 0.3) is 0 Å². The van der Waals surface area contributed by atoms with Crippen LogP contribution < -0.4 is 0 Å². The minimum atomic E-state index is 0.298. The van der Waals surface area contributed by atoms with Crippen LogP contribution in [0.15, 0.2) is 23.8 Å². The average Bonchev–Trinajstić information content (AvgIpc) is 1.64. The van der Waals surface area contributed by atoms with Gasteiger partial charge in [0.15, 0.2) is 0 Å². The van der Waals surface area contributed by atoms with Crippen LogP contribution in [0, 0.1) is 5.92 Å². The molecular weight excluding hydrogens is 132 g/mol. The van der Waals surface area contributed by atoms with E-state index in [1.165, 1.54) is 0 Å². The highest BCUT2D eigenvalue weighted by atomic mass is 35.5. The van der Waals surface area contributed by atoms with E-state index in [1.807, 2.05) is 6.92 Å². The van der Waals surface area contributed by atoms with Gasteiger partial charge in [0, 0.05) is 11.0 Å². The molecule has 1 atom stereocenters. The largest absolute Gasteiger partial charge is 0.0995 e. The molecule has 0 bridgehead atoms. The standard InChI is InChI=1S/C8H13Cl/c1-5-8(6(2)3)7(4)9/h8H,2,4-5H2,1,3H3. The first-order valence-electron chi connectivity index (χ1n) is 3.09. The Hall–Kier alpha value is -0.230. The maximum Gasteiger partial charge on any atom is 0.0180 e. The van der Waals surface area contributed by atoms with Crippen molar-refractivity contribution >= 4 is 11.6 Å². The Morgan fingerprint density at radius 3 is 2.00 bits per heavy atom. The SMILES string of the molecule is C=C(C)C(CC)C(=C)Cl. The molecule has 0 aromatic rings. The predicted molar refractivity (Wildman–Crippen MR) is 43.6 cm³/mol. The zero-order valence-corrected chi connectivity index (χ0v) is 6.83. The minimum Gasteiger partial charge on any atom is -0.0995 e. The van der Waals surface area contributed by atoms with Crippen molar-refractivity contribution in [3.63, 3.8) is 0 Å². The summed E-state index contributed by atoms with van der Waals surface area (Å²) in [5.74, 6) is 0.298. The summed E-state index contributed by atoms with van der Waals surface area (Å²) in [6, 6.07) is 0. The lowest BCUT2D eigenvalue weighted by Crippen LogP contribution is -1.97. The molecular formula is C8H13Cl. The highest BCUT2D eigenvalue weighted by Gasteiger charge is 2.07. The van der Waals surface area contributed by atoms with Crippen molar-refractivity contribution in [3.05, 3.63) is 23.8 Å². The van der Waals surface area contributed by atoms with Gasteiger partial charge in [0.1, 0.15) is 0 Å². The van der Waals surface area contributed by atoms with Gasteiger partial charge in [0.25, 0.3) is 0 Å². The van der Waals surface area contributed by atoms with Gasteiger partial charge >= 0.3 is 0 Å². The van der Waals surface area contributed by atoms with Gasteiger partial charge < -0.3 is 0 Å². The molecule has 0 rings (SSSR count). The third-order valence-electron chi connectivity index (χ3n) is 1.38. The molecule has 0 heterocycles. The average molecular weight is 145 g/mol. The van der Waals surface area contributed by atoms with Crippen LogP contribution in [-0.2, 0) is 0 Å². The summed E-state index contributed by atoms with van der Waals surface area (Å²) in [5.41, 5.74) is 1.09. The first-order chi connectivity index (χ1) is 4.09. The number of hydrogen-bond donors (Lipinski definition) is 0. The molecule has 0 aromatic carbocycles. The second-order valence-electron chi connectivity index (χ2n) is 2.25. The van der Waals surface area contributed by atoms with Crippen molar-refractivity contribution in [1.82, 2.24) is 0 Å². The molecule has 0 nitrogen and oxygen atoms in total. The molecule has 0 amide bonds. The molecule has 0 aliphatic carbocycles. The summed E-state index contributed by atoms with van der Waals surface area (Å²) >= 11 is 5.68. The quantitative estimate of drug-likeness (QED) is 0.533. The highest BCUT2D eigenvalue weighted by molar-refractivity contribution is 6.29. The molecule has 0 saturated heterocycles. The Balaban J connectivity index is 3.99. The Morgan fingerprint density at radius 2 is 2.00 bits per heavy atom. The van der Waals surface area contributed by atoms with Crippen LogP contribution in [0.1, 0.15) is 20.3 Å². The zero-order chi connectivity index (χ0) is 7.44. The van der Waals surface area contributed by atoms with Crippen molar-refractivity contribution in [2.75, 3.05) is 0 Å². The summed E-state index contributed by atoms with van der Waals surface area (Å²) in [7, 11) is 0. The predicted octanol–water partition coefficient (Wildman–Crippen LogP) is 3.34. The zero-order valence-electron chi connectivity index (χ0n) is 6.08. The fraction of sp³-hybridized carbons (Fsp3) is 0.500. The van der Waals surface area contributed by atoms with Gasteiger partial charge in [-0.25, -0.2) is 0 Å². The number of allylic oxidation sites excluding steroid dienone is 2. The van der Waals surface area contributed by atoms with E-state index < -0.39 is 0 Å². The van der Waals surface area contributed by atoms with E-state index in [0.717, 1.165) is 12.0 Å². The normalized spacial score (nSPS) is 12.8. The number of rotatable bonds is 3. The Bertz CT molecular complexity index is 111. The Morgan fingerprint density at radius 1 is 1.56 bits per heavy atom. The maximum absolute atomic E-state index is 5.68. The molecule has 1 unspecified atom stereocenters.